The molecule has 6 nitrogen and oxygen atoms in total. The number of fused-ring (bicyclic) bond motifs is 1. The standard InChI is InChI=1S/C19H18F3N3O3S/c1-3-28-19(26)16-17(24-4-6-27-7-5-24)25-18(29-16)14(10(2)23-25)12-8-11(20)9-13(21)15(12)22/h8-9H,3-7H2,1-2H3. The number of aryl methyl sites for hydroxylation is 1. The minimum absolute atomic E-state index is 0.192. The van der Waals surface area contributed by atoms with Gasteiger partial charge in [-0.15, -0.1) is 11.3 Å². The second-order valence-electron chi connectivity index (χ2n) is 6.50. The Bertz CT molecular complexity index is 1090. The molecule has 4 rings (SSSR count). The smallest absolute Gasteiger partial charge is 0.352 e. The SMILES string of the molecule is CCOC(=O)c1sc2c(-c3cc(F)cc(F)c3F)c(C)nn2c1N1CCOCC1. The molecule has 0 N–H and O–H groups in total. The molecule has 1 aromatic carbocycles. The second kappa shape index (κ2) is 7.68. The molecule has 1 fully saturated rings. The number of hydrogen-bond donors (Lipinski definition) is 0. The zero-order valence-electron chi connectivity index (χ0n) is 15.8. The lowest BCUT2D eigenvalue weighted by Gasteiger charge is -2.28. The van der Waals surface area contributed by atoms with E-state index in [-0.39, 0.29) is 17.7 Å². The first-order valence-corrected chi connectivity index (χ1v) is 9.90. The van der Waals surface area contributed by atoms with Gasteiger partial charge >= 0.3 is 5.97 Å². The van der Waals surface area contributed by atoms with E-state index in [1.54, 1.807) is 13.8 Å². The molecule has 1 saturated heterocycles. The Morgan fingerprint density at radius 1 is 1.28 bits per heavy atom. The molecule has 1 aliphatic heterocycles. The minimum Gasteiger partial charge on any atom is -0.462 e. The third kappa shape index (κ3) is 3.36. The zero-order valence-corrected chi connectivity index (χ0v) is 16.6. The molecule has 0 radical (unpaired) electrons. The van der Waals surface area contributed by atoms with E-state index in [1.165, 1.54) is 4.52 Å². The van der Waals surface area contributed by atoms with Crippen LogP contribution in [0, 0.1) is 24.4 Å². The number of nitrogens with zero attached hydrogens (tertiary/aromatic N) is 3. The van der Waals surface area contributed by atoms with Crippen molar-refractivity contribution in [3.63, 3.8) is 0 Å². The van der Waals surface area contributed by atoms with Crippen molar-refractivity contribution in [1.29, 1.82) is 0 Å². The number of ether oxygens (including phenoxy) is 2. The normalized spacial score (nSPS) is 14.6. The van der Waals surface area contributed by atoms with Crippen LogP contribution in [-0.2, 0) is 9.47 Å². The van der Waals surface area contributed by atoms with E-state index in [9.17, 15) is 18.0 Å². The minimum atomic E-state index is -1.28. The van der Waals surface area contributed by atoms with Crippen LogP contribution in [0.2, 0.25) is 0 Å². The summed E-state index contributed by atoms with van der Waals surface area (Å²) in [5.41, 5.74) is 0.404. The van der Waals surface area contributed by atoms with Gasteiger partial charge in [0, 0.05) is 30.3 Å². The van der Waals surface area contributed by atoms with E-state index < -0.39 is 23.4 Å². The van der Waals surface area contributed by atoms with Crippen molar-refractivity contribution >= 4 is 28.0 Å². The maximum atomic E-state index is 14.5. The van der Waals surface area contributed by atoms with Crippen LogP contribution in [0.25, 0.3) is 16.0 Å². The number of anilines is 1. The first kappa shape index (κ1) is 19.7. The molecule has 0 bridgehead atoms. The largest absolute Gasteiger partial charge is 0.462 e. The van der Waals surface area contributed by atoms with Gasteiger partial charge in [0.2, 0.25) is 0 Å². The molecule has 2 aromatic heterocycles. The van der Waals surface area contributed by atoms with Crippen molar-refractivity contribution < 1.29 is 27.4 Å². The summed E-state index contributed by atoms with van der Waals surface area (Å²) in [6.45, 7) is 5.56. The number of carbonyl (C=O) groups excluding carboxylic acids is 1. The van der Waals surface area contributed by atoms with Gasteiger partial charge in [-0.05, 0) is 19.9 Å². The highest BCUT2D eigenvalue weighted by Crippen LogP contribution is 2.40. The van der Waals surface area contributed by atoms with Gasteiger partial charge in [-0.2, -0.15) is 5.10 Å². The van der Waals surface area contributed by atoms with Gasteiger partial charge in [0.05, 0.1) is 25.5 Å². The molecule has 0 unspecified atom stereocenters. The number of benzene rings is 1. The Morgan fingerprint density at radius 3 is 2.69 bits per heavy atom. The van der Waals surface area contributed by atoms with Crippen molar-refractivity contribution in [2.75, 3.05) is 37.8 Å². The molecule has 1 aliphatic rings. The number of morpholine rings is 1. The van der Waals surface area contributed by atoms with Crippen LogP contribution in [0.4, 0.5) is 19.0 Å². The fourth-order valence-electron chi connectivity index (χ4n) is 3.41. The number of esters is 1. The highest BCUT2D eigenvalue weighted by molar-refractivity contribution is 7.20. The number of hydrogen-bond acceptors (Lipinski definition) is 6. The van der Waals surface area contributed by atoms with Crippen molar-refractivity contribution in [2.24, 2.45) is 0 Å². The molecule has 0 amide bonds. The van der Waals surface area contributed by atoms with Crippen LogP contribution in [0.3, 0.4) is 0 Å². The summed E-state index contributed by atoms with van der Waals surface area (Å²) in [5.74, 6) is -3.36. The monoisotopic (exact) mass is 425 g/mol. The summed E-state index contributed by atoms with van der Waals surface area (Å²) >= 11 is 1.06. The fourth-order valence-corrected chi connectivity index (χ4v) is 4.63. The molecule has 154 valence electrons. The summed E-state index contributed by atoms with van der Waals surface area (Å²) in [6.07, 6.45) is 0. The number of carbonyl (C=O) groups is 1. The van der Waals surface area contributed by atoms with Crippen LogP contribution >= 0.6 is 11.3 Å². The second-order valence-corrected chi connectivity index (χ2v) is 7.50. The lowest BCUT2D eigenvalue weighted by molar-refractivity contribution is 0.0531. The highest BCUT2D eigenvalue weighted by atomic mass is 32.1. The Labute approximate surface area is 168 Å². The summed E-state index contributed by atoms with van der Waals surface area (Å²) in [4.78, 5) is 15.2. The number of thiazole rings is 1. The van der Waals surface area contributed by atoms with Crippen molar-refractivity contribution in [3.8, 4) is 11.1 Å². The van der Waals surface area contributed by atoms with E-state index >= 15 is 0 Å². The van der Waals surface area contributed by atoms with Crippen molar-refractivity contribution in [2.45, 2.75) is 13.8 Å². The molecule has 0 atom stereocenters. The number of rotatable bonds is 4. The van der Waals surface area contributed by atoms with E-state index in [4.69, 9.17) is 9.47 Å². The van der Waals surface area contributed by atoms with Gasteiger partial charge < -0.3 is 14.4 Å². The average molecular weight is 425 g/mol. The lowest BCUT2D eigenvalue weighted by Crippen LogP contribution is -2.38. The maximum Gasteiger partial charge on any atom is 0.352 e. The van der Waals surface area contributed by atoms with Gasteiger partial charge in [0.15, 0.2) is 22.3 Å². The number of halogens is 3. The Morgan fingerprint density at radius 2 is 2.00 bits per heavy atom. The van der Waals surface area contributed by atoms with Gasteiger partial charge in [-0.3, -0.25) is 0 Å². The average Bonchev–Trinajstić information content (AvgIpc) is 3.20. The Hall–Kier alpha value is -2.59. The molecule has 10 heteroatoms. The molecule has 0 aliphatic carbocycles. The third-order valence-corrected chi connectivity index (χ3v) is 5.78. The molecule has 0 spiro atoms. The van der Waals surface area contributed by atoms with Crippen molar-refractivity contribution in [1.82, 2.24) is 9.61 Å². The molecule has 3 aromatic rings. The Kier molecular flexibility index (Phi) is 5.22. The first-order valence-electron chi connectivity index (χ1n) is 9.09. The highest BCUT2D eigenvalue weighted by Gasteiger charge is 2.30. The molecule has 3 heterocycles. The van der Waals surface area contributed by atoms with Crippen LogP contribution in [0.5, 0.6) is 0 Å². The fraction of sp³-hybridized carbons (Fsp3) is 0.368. The summed E-state index contributed by atoms with van der Waals surface area (Å²) in [6, 6.07) is 1.42. The van der Waals surface area contributed by atoms with Crippen LogP contribution in [0.15, 0.2) is 12.1 Å². The van der Waals surface area contributed by atoms with Gasteiger partial charge in [-0.1, -0.05) is 0 Å². The predicted molar refractivity (Wildman–Crippen MR) is 102 cm³/mol. The summed E-state index contributed by atoms with van der Waals surface area (Å²) < 4.78 is 54.2. The van der Waals surface area contributed by atoms with Gasteiger partial charge in [0.1, 0.15) is 10.6 Å². The summed E-state index contributed by atoms with van der Waals surface area (Å²) in [5, 5.41) is 4.45. The molecule has 0 saturated carbocycles. The third-order valence-electron chi connectivity index (χ3n) is 4.65. The van der Waals surface area contributed by atoms with Crippen LogP contribution in [-0.4, -0.2) is 48.5 Å². The van der Waals surface area contributed by atoms with E-state index in [2.05, 4.69) is 5.10 Å². The Balaban J connectivity index is 1.97. The van der Waals surface area contributed by atoms with Gasteiger partial charge in [-0.25, -0.2) is 22.5 Å². The molecule has 29 heavy (non-hydrogen) atoms. The predicted octanol–water partition coefficient (Wildman–Crippen LogP) is 3.80. The van der Waals surface area contributed by atoms with Crippen LogP contribution in [0.1, 0.15) is 22.3 Å². The number of aromatic nitrogens is 2. The van der Waals surface area contributed by atoms with Crippen molar-refractivity contribution in [3.05, 3.63) is 40.2 Å². The quantitative estimate of drug-likeness (QED) is 0.470. The maximum absolute atomic E-state index is 14.5. The van der Waals surface area contributed by atoms with E-state index in [1.807, 2.05) is 4.90 Å². The van der Waals surface area contributed by atoms with Gasteiger partial charge in [0.25, 0.3) is 0 Å². The molecular formula is C19H18F3N3O3S. The zero-order chi connectivity index (χ0) is 20.7. The lowest BCUT2D eigenvalue weighted by atomic mass is 10.1. The summed E-state index contributed by atoms with van der Waals surface area (Å²) in [7, 11) is 0. The first-order chi connectivity index (χ1) is 13.9. The molecular weight excluding hydrogens is 407 g/mol. The van der Waals surface area contributed by atoms with E-state index in [0.29, 0.717) is 53.6 Å². The van der Waals surface area contributed by atoms with Crippen LogP contribution < -0.4 is 4.90 Å². The van der Waals surface area contributed by atoms with E-state index in [0.717, 1.165) is 17.4 Å². The topological polar surface area (TPSA) is 56.1 Å².